The zero-order valence-corrected chi connectivity index (χ0v) is 44.1. The van der Waals surface area contributed by atoms with E-state index in [1.807, 2.05) is 90.9 Å². The van der Waals surface area contributed by atoms with Gasteiger partial charge in [-0.05, 0) is 109 Å². The fraction of sp³-hybridized carbons (Fsp3) is 0.577. The zero-order valence-electron chi connectivity index (χ0n) is 41.9. The third-order valence-electron chi connectivity index (χ3n) is 10.9. The van der Waals surface area contributed by atoms with Crippen LogP contribution in [0.2, 0.25) is 0 Å². The number of aromatic nitrogens is 2. The Morgan fingerprint density at radius 3 is 1.45 bits per heavy atom. The number of nitrogens with zero attached hydrogens (tertiary/aromatic N) is 2. The van der Waals surface area contributed by atoms with E-state index in [-0.39, 0.29) is 29.5 Å². The SMILES string of the molecule is CC(C)(C)OC(=O)CCCCCCCI.COC(=O)C(C)c1cn(C(=O)OC)c2ccccc12.COC(=O)n1cc(C(C)(CCCCCCCC(=O)OC(C)(C)C)C(=O)OC)c2ccccc21. The van der Waals surface area contributed by atoms with Crippen LogP contribution in [0.4, 0.5) is 9.59 Å². The predicted octanol–water partition coefficient (Wildman–Crippen LogP) is 12.4. The summed E-state index contributed by atoms with van der Waals surface area (Å²) in [5.41, 5.74) is 1.21. The van der Waals surface area contributed by atoms with E-state index in [0.29, 0.717) is 30.3 Å². The highest BCUT2D eigenvalue weighted by Gasteiger charge is 2.39. The normalized spacial score (nSPS) is 12.6. The Morgan fingerprint density at radius 2 is 0.985 bits per heavy atom. The molecule has 2 heterocycles. The molecule has 2 aromatic carbocycles. The largest absolute Gasteiger partial charge is 0.469 e. The van der Waals surface area contributed by atoms with Crippen molar-refractivity contribution in [3.63, 3.8) is 0 Å². The minimum absolute atomic E-state index is 0.0589. The van der Waals surface area contributed by atoms with Gasteiger partial charge in [-0.3, -0.25) is 28.3 Å². The second-order valence-corrected chi connectivity index (χ2v) is 19.6. The van der Waals surface area contributed by atoms with Crippen LogP contribution in [0.1, 0.15) is 156 Å². The van der Waals surface area contributed by atoms with Crippen LogP contribution in [-0.4, -0.2) is 89.3 Å². The monoisotopic (exact) mass is 1050 g/mol. The van der Waals surface area contributed by atoms with Gasteiger partial charge in [-0.25, -0.2) is 9.59 Å². The number of hydrogen-bond donors (Lipinski definition) is 0. The van der Waals surface area contributed by atoms with Crippen molar-refractivity contribution in [2.24, 2.45) is 0 Å². The van der Waals surface area contributed by atoms with E-state index in [1.54, 1.807) is 25.4 Å². The van der Waals surface area contributed by atoms with Crippen molar-refractivity contribution in [2.75, 3.05) is 32.9 Å². The van der Waals surface area contributed by atoms with Gasteiger partial charge in [0.15, 0.2) is 0 Å². The molecule has 2 unspecified atom stereocenters. The lowest BCUT2D eigenvalue weighted by Gasteiger charge is -2.26. The first kappa shape index (κ1) is 58.2. The van der Waals surface area contributed by atoms with Crippen molar-refractivity contribution in [1.29, 1.82) is 0 Å². The Kier molecular flexibility index (Phi) is 24.7. The number of carbonyl (C=O) groups excluding carboxylic acids is 6. The number of methoxy groups -OCH3 is 4. The van der Waals surface area contributed by atoms with Crippen LogP contribution >= 0.6 is 22.6 Å². The van der Waals surface area contributed by atoms with Gasteiger partial charge >= 0.3 is 36.1 Å². The maximum Gasteiger partial charge on any atom is 0.418 e. The number of ether oxygens (including phenoxy) is 6. The van der Waals surface area contributed by atoms with E-state index in [4.69, 9.17) is 28.4 Å². The molecule has 0 bridgehead atoms. The molecule has 0 N–H and O–H groups in total. The standard InChI is InChI=1S/C26H37NO6.C14H15NO4.C12H23IO2/c1-25(2,3)33-22(28)16-10-8-7-9-13-17-26(4,23(29)31-5)20-18-27(24(30)32-6)21-15-12-11-14-19(20)21;1-9(13(16)18-2)11-8-15(14(17)19-3)12-7-5-4-6-10(11)12;1-12(2,3)15-11(14)9-7-5-4-6-8-10-13/h11-12,14-15,18H,7-10,13,16-17H2,1-6H3;4-9H,1-3H3;4-10H2,1-3H3. The van der Waals surface area contributed by atoms with Gasteiger partial charge in [0.25, 0.3) is 0 Å². The first-order valence-corrected chi connectivity index (χ1v) is 24.6. The zero-order chi connectivity index (χ0) is 50.4. The Hall–Kier alpha value is -4.93. The number of unbranched alkanes of at least 4 members (excludes halogenated alkanes) is 8. The van der Waals surface area contributed by atoms with Crippen molar-refractivity contribution in [2.45, 2.75) is 161 Å². The summed E-state index contributed by atoms with van der Waals surface area (Å²) < 4.78 is 34.2. The molecular formula is C52H75IN2O12. The average molecular weight is 1050 g/mol. The van der Waals surface area contributed by atoms with Gasteiger partial charge in [-0.2, -0.15) is 0 Å². The molecule has 4 aromatic rings. The molecule has 0 aliphatic heterocycles. The number of alkyl halides is 1. The van der Waals surface area contributed by atoms with Gasteiger partial charge in [0.05, 0.1) is 50.8 Å². The molecule has 0 saturated heterocycles. The summed E-state index contributed by atoms with van der Waals surface area (Å²) in [5, 5.41) is 1.67. The molecule has 14 nitrogen and oxygen atoms in total. The molecule has 15 heteroatoms. The second kappa shape index (κ2) is 28.4. The predicted molar refractivity (Wildman–Crippen MR) is 270 cm³/mol. The van der Waals surface area contributed by atoms with E-state index in [2.05, 4.69) is 22.6 Å². The van der Waals surface area contributed by atoms with Crippen molar-refractivity contribution in [3.05, 3.63) is 72.1 Å². The van der Waals surface area contributed by atoms with Gasteiger partial charge in [0.2, 0.25) is 0 Å². The Morgan fingerprint density at radius 1 is 0.552 bits per heavy atom. The summed E-state index contributed by atoms with van der Waals surface area (Å²) in [6.07, 6.45) is 14.3. The van der Waals surface area contributed by atoms with Gasteiger partial charge in [0, 0.05) is 36.0 Å². The highest BCUT2D eigenvalue weighted by atomic mass is 127. The minimum atomic E-state index is -0.899. The minimum Gasteiger partial charge on any atom is -0.469 e. The van der Waals surface area contributed by atoms with Crippen LogP contribution in [0.5, 0.6) is 0 Å². The Labute approximate surface area is 411 Å². The van der Waals surface area contributed by atoms with Crippen molar-refractivity contribution in [1.82, 2.24) is 9.13 Å². The highest BCUT2D eigenvalue weighted by Crippen LogP contribution is 2.38. The summed E-state index contributed by atoms with van der Waals surface area (Å²) in [7, 11) is 5.38. The molecule has 67 heavy (non-hydrogen) atoms. The molecule has 2 atom stereocenters. The molecule has 0 aliphatic carbocycles. The number of carbonyl (C=O) groups is 6. The van der Waals surface area contributed by atoms with E-state index < -0.39 is 29.1 Å². The maximum absolute atomic E-state index is 12.9. The summed E-state index contributed by atoms with van der Waals surface area (Å²) in [6, 6.07) is 14.8. The van der Waals surface area contributed by atoms with Crippen LogP contribution in [0.3, 0.4) is 0 Å². The van der Waals surface area contributed by atoms with Crippen molar-refractivity contribution < 1.29 is 57.2 Å². The number of rotatable bonds is 19. The lowest BCUT2D eigenvalue weighted by atomic mass is 9.78. The molecule has 0 fully saturated rings. The molecule has 0 amide bonds. The highest BCUT2D eigenvalue weighted by molar-refractivity contribution is 14.1. The second-order valence-electron chi connectivity index (χ2n) is 18.6. The van der Waals surface area contributed by atoms with Crippen LogP contribution in [-0.2, 0) is 53.0 Å². The molecule has 0 saturated carbocycles. The van der Waals surface area contributed by atoms with Crippen LogP contribution in [0, 0.1) is 0 Å². The Balaban J connectivity index is 0.000000382. The number of para-hydroxylation sites is 2. The van der Waals surface area contributed by atoms with E-state index in [1.165, 1.54) is 61.3 Å². The lowest BCUT2D eigenvalue weighted by Crippen LogP contribution is -2.33. The maximum atomic E-state index is 12.9. The summed E-state index contributed by atoms with van der Waals surface area (Å²) >= 11 is 2.40. The van der Waals surface area contributed by atoms with Crippen molar-refractivity contribution >= 4 is 80.5 Å². The summed E-state index contributed by atoms with van der Waals surface area (Å²) in [4.78, 5) is 71.7. The molecule has 0 spiro atoms. The Bertz CT molecular complexity index is 2210. The quantitative estimate of drug-likeness (QED) is 0.0287. The van der Waals surface area contributed by atoms with Gasteiger partial charge in [0.1, 0.15) is 11.2 Å². The third-order valence-corrected chi connectivity index (χ3v) is 11.6. The smallest absolute Gasteiger partial charge is 0.418 e. The molecule has 2 aromatic heterocycles. The van der Waals surface area contributed by atoms with Crippen LogP contribution in [0.15, 0.2) is 60.9 Å². The summed E-state index contributed by atoms with van der Waals surface area (Å²) in [5.74, 6) is -1.34. The van der Waals surface area contributed by atoms with E-state index in [0.717, 1.165) is 66.8 Å². The fourth-order valence-corrected chi connectivity index (χ4v) is 8.04. The van der Waals surface area contributed by atoms with Crippen LogP contribution < -0.4 is 0 Å². The van der Waals surface area contributed by atoms with Crippen molar-refractivity contribution in [3.8, 4) is 0 Å². The number of fused-ring (bicyclic) bond motifs is 2. The molecule has 372 valence electrons. The number of hydrogen-bond acceptors (Lipinski definition) is 12. The first-order valence-electron chi connectivity index (χ1n) is 23.1. The molecule has 4 rings (SSSR count). The molecule has 0 radical (unpaired) electrons. The van der Waals surface area contributed by atoms with Gasteiger partial charge in [-0.1, -0.05) is 104 Å². The molecular weight excluding hydrogens is 971 g/mol. The lowest BCUT2D eigenvalue weighted by molar-refractivity contribution is -0.156. The van der Waals surface area contributed by atoms with E-state index >= 15 is 0 Å². The number of benzene rings is 2. The topological polar surface area (TPSA) is 168 Å². The first-order chi connectivity index (χ1) is 31.6. The third kappa shape index (κ3) is 18.9. The van der Waals surface area contributed by atoms with Gasteiger partial charge < -0.3 is 28.4 Å². The average Bonchev–Trinajstić information content (AvgIpc) is 3.88. The fourth-order valence-electron chi connectivity index (χ4n) is 7.50. The summed E-state index contributed by atoms with van der Waals surface area (Å²) in [6.45, 7) is 14.9. The number of halogens is 1. The van der Waals surface area contributed by atoms with Crippen LogP contribution in [0.25, 0.3) is 21.8 Å². The van der Waals surface area contributed by atoms with Gasteiger partial charge in [-0.15, -0.1) is 0 Å². The van der Waals surface area contributed by atoms with E-state index in [9.17, 15) is 28.8 Å². The molecule has 0 aliphatic rings. The number of esters is 4.